The summed E-state index contributed by atoms with van der Waals surface area (Å²) in [6.07, 6.45) is 1.51. The van der Waals surface area contributed by atoms with E-state index in [-0.39, 0.29) is 5.28 Å². The lowest BCUT2D eigenvalue weighted by Crippen LogP contribution is -2.24. The van der Waals surface area contributed by atoms with E-state index >= 15 is 0 Å². The average molecular weight is 297 g/mol. The highest BCUT2D eigenvalue weighted by Crippen LogP contribution is 2.24. The van der Waals surface area contributed by atoms with E-state index in [1.54, 1.807) is 0 Å². The van der Waals surface area contributed by atoms with Crippen LogP contribution in [0.15, 0.2) is 24.4 Å². The summed E-state index contributed by atoms with van der Waals surface area (Å²) in [4.78, 5) is 14.5. The van der Waals surface area contributed by atoms with Gasteiger partial charge >= 0.3 is 0 Å². The summed E-state index contributed by atoms with van der Waals surface area (Å²) < 4.78 is 0. The van der Waals surface area contributed by atoms with Crippen LogP contribution in [0.3, 0.4) is 0 Å². The number of aromatic nitrogens is 3. The normalized spacial score (nSPS) is 10.5. The first kappa shape index (κ1) is 14.0. The Morgan fingerprint density at radius 3 is 2.68 bits per heavy atom. The van der Waals surface area contributed by atoms with Gasteiger partial charge in [-0.3, -0.25) is 4.98 Å². The van der Waals surface area contributed by atoms with Crippen LogP contribution in [-0.4, -0.2) is 21.5 Å². The highest BCUT2D eigenvalue weighted by molar-refractivity contribution is 6.33. The molecule has 0 aliphatic carbocycles. The smallest absolute Gasteiger partial charge is 0.224 e. The molecule has 0 aliphatic rings. The van der Waals surface area contributed by atoms with Crippen LogP contribution >= 0.6 is 23.2 Å². The number of rotatable bonds is 4. The van der Waals surface area contributed by atoms with Crippen LogP contribution in [-0.2, 0) is 6.54 Å². The molecule has 0 bridgehead atoms. The van der Waals surface area contributed by atoms with Crippen LogP contribution in [0.2, 0.25) is 10.3 Å². The fourth-order valence-corrected chi connectivity index (χ4v) is 2.12. The quantitative estimate of drug-likeness (QED) is 0.810. The molecule has 0 aliphatic heterocycles. The molecule has 2 rings (SSSR count). The summed E-state index contributed by atoms with van der Waals surface area (Å²) in [5.41, 5.74) is 1.95. The van der Waals surface area contributed by atoms with Gasteiger partial charge in [-0.1, -0.05) is 17.7 Å². The van der Waals surface area contributed by atoms with Crippen molar-refractivity contribution in [3.8, 4) is 0 Å². The Morgan fingerprint density at radius 2 is 2.00 bits per heavy atom. The first-order valence-electron chi connectivity index (χ1n) is 5.95. The number of pyridine rings is 1. The van der Waals surface area contributed by atoms with Crippen molar-refractivity contribution < 1.29 is 0 Å². The number of hydrogen-bond acceptors (Lipinski definition) is 4. The van der Waals surface area contributed by atoms with Crippen molar-refractivity contribution in [3.05, 3.63) is 46.1 Å². The molecule has 2 aromatic heterocycles. The van der Waals surface area contributed by atoms with Gasteiger partial charge in [0, 0.05) is 12.2 Å². The Kier molecular flexibility index (Phi) is 4.56. The highest BCUT2D eigenvalue weighted by Gasteiger charge is 2.13. The minimum atomic E-state index is 0.190. The lowest BCUT2D eigenvalue weighted by atomic mass is 10.3. The van der Waals surface area contributed by atoms with Gasteiger partial charge in [0.2, 0.25) is 5.28 Å². The van der Waals surface area contributed by atoms with E-state index < -0.39 is 0 Å². The molecule has 0 radical (unpaired) electrons. The molecule has 0 saturated carbocycles. The van der Waals surface area contributed by atoms with Crippen LogP contribution in [0.25, 0.3) is 0 Å². The van der Waals surface area contributed by atoms with Crippen LogP contribution in [0.5, 0.6) is 0 Å². The first-order chi connectivity index (χ1) is 9.10. The van der Waals surface area contributed by atoms with Crippen molar-refractivity contribution >= 4 is 29.0 Å². The molecule has 0 saturated heterocycles. The van der Waals surface area contributed by atoms with Gasteiger partial charge in [0.25, 0.3) is 0 Å². The van der Waals surface area contributed by atoms with E-state index in [1.165, 1.54) is 6.20 Å². The fourth-order valence-electron chi connectivity index (χ4n) is 1.78. The Hall–Kier alpha value is -1.39. The second-order valence-corrected chi connectivity index (χ2v) is 4.84. The minimum Gasteiger partial charge on any atom is -0.350 e. The number of anilines is 1. The van der Waals surface area contributed by atoms with Gasteiger partial charge < -0.3 is 4.90 Å². The lowest BCUT2D eigenvalue weighted by molar-refractivity contribution is 0.788. The summed E-state index contributed by atoms with van der Waals surface area (Å²) in [6, 6.07) is 5.93. The van der Waals surface area contributed by atoms with Gasteiger partial charge in [0.15, 0.2) is 5.82 Å². The summed E-state index contributed by atoms with van der Waals surface area (Å²) in [5.74, 6) is 0.632. The van der Waals surface area contributed by atoms with Crippen LogP contribution in [0, 0.1) is 6.92 Å². The fraction of sp³-hybridized carbons (Fsp3) is 0.308. The molecule has 0 amide bonds. The second kappa shape index (κ2) is 6.17. The topological polar surface area (TPSA) is 41.9 Å². The van der Waals surface area contributed by atoms with Gasteiger partial charge in [0.05, 0.1) is 18.4 Å². The Labute approximate surface area is 122 Å². The molecule has 4 nitrogen and oxygen atoms in total. The van der Waals surface area contributed by atoms with Crippen molar-refractivity contribution in [3.63, 3.8) is 0 Å². The van der Waals surface area contributed by atoms with Crippen LogP contribution in [0.1, 0.15) is 18.3 Å². The zero-order chi connectivity index (χ0) is 13.8. The molecule has 100 valence electrons. The summed E-state index contributed by atoms with van der Waals surface area (Å²) >= 11 is 11.9. The van der Waals surface area contributed by atoms with Gasteiger partial charge in [0.1, 0.15) is 5.02 Å². The van der Waals surface area contributed by atoms with Crippen molar-refractivity contribution in [2.45, 2.75) is 20.4 Å². The zero-order valence-corrected chi connectivity index (χ0v) is 12.3. The highest BCUT2D eigenvalue weighted by atomic mass is 35.5. The molecule has 2 heterocycles. The van der Waals surface area contributed by atoms with E-state index in [0.717, 1.165) is 17.9 Å². The molecular weight excluding hydrogens is 283 g/mol. The van der Waals surface area contributed by atoms with Crippen molar-refractivity contribution in [2.75, 3.05) is 11.4 Å². The number of nitrogens with zero attached hydrogens (tertiary/aromatic N) is 4. The predicted molar refractivity (Wildman–Crippen MR) is 77.8 cm³/mol. The van der Waals surface area contributed by atoms with Crippen molar-refractivity contribution in [1.82, 2.24) is 15.0 Å². The molecule has 6 heteroatoms. The van der Waals surface area contributed by atoms with Gasteiger partial charge in [-0.25, -0.2) is 4.98 Å². The van der Waals surface area contributed by atoms with E-state index in [0.29, 0.717) is 17.4 Å². The predicted octanol–water partition coefficient (Wildman–Crippen LogP) is 3.51. The van der Waals surface area contributed by atoms with Gasteiger partial charge in [-0.05, 0) is 37.6 Å². The molecule has 0 unspecified atom stereocenters. The molecule has 0 N–H and O–H groups in total. The molecule has 0 aromatic carbocycles. The summed E-state index contributed by atoms with van der Waals surface area (Å²) in [7, 11) is 0. The van der Waals surface area contributed by atoms with E-state index in [9.17, 15) is 0 Å². The average Bonchev–Trinajstić information content (AvgIpc) is 2.39. The van der Waals surface area contributed by atoms with E-state index in [4.69, 9.17) is 23.2 Å². The zero-order valence-electron chi connectivity index (χ0n) is 10.8. The van der Waals surface area contributed by atoms with Crippen LogP contribution < -0.4 is 4.90 Å². The van der Waals surface area contributed by atoms with Gasteiger partial charge in [-0.2, -0.15) is 4.98 Å². The number of aryl methyl sites for hydroxylation is 1. The third-order valence-electron chi connectivity index (χ3n) is 2.68. The summed E-state index contributed by atoms with van der Waals surface area (Å²) in [5, 5.41) is 0.675. The van der Waals surface area contributed by atoms with Gasteiger partial charge in [-0.15, -0.1) is 0 Å². The molecular formula is C13H14Cl2N4. The number of halogens is 2. The minimum absolute atomic E-state index is 0.190. The third-order valence-corrected chi connectivity index (χ3v) is 3.13. The second-order valence-electron chi connectivity index (χ2n) is 4.10. The monoisotopic (exact) mass is 296 g/mol. The van der Waals surface area contributed by atoms with Crippen molar-refractivity contribution in [2.24, 2.45) is 0 Å². The Balaban J connectivity index is 2.27. The first-order valence-corrected chi connectivity index (χ1v) is 6.71. The Bertz CT molecular complexity index is 574. The largest absolute Gasteiger partial charge is 0.350 e. The molecule has 19 heavy (non-hydrogen) atoms. The lowest BCUT2D eigenvalue weighted by Gasteiger charge is -2.22. The summed E-state index contributed by atoms with van der Waals surface area (Å²) in [6.45, 7) is 5.38. The maximum absolute atomic E-state index is 6.12. The maximum atomic E-state index is 6.12. The van der Waals surface area contributed by atoms with Crippen molar-refractivity contribution in [1.29, 1.82) is 0 Å². The van der Waals surface area contributed by atoms with E-state index in [2.05, 4.69) is 15.0 Å². The Morgan fingerprint density at radius 1 is 1.21 bits per heavy atom. The van der Waals surface area contributed by atoms with E-state index in [1.807, 2.05) is 36.9 Å². The molecule has 0 spiro atoms. The SMILES string of the molecule is CCN(Cc1cccc(C)n1)c1nc(Cl)ncc1Cl. The van der Waals surface area contributed by atoms with Crippen LogP contribution in [0.4, 0.5) is 5.82 Å². The third kappa shape index (κ3) is 3.55. The number of hydrogen-bond donors (Lipinski definition) is 0. The maximum Gasteiger partial charge on any atom is 0.224 e. The molecule has 2 aromatic rings. The molecule has 0 fully saturated rings. The standard InChI is InChI=1S/C13H14Cl2N4/c1-3-19(8-10-6-4-5-9(2)17-10)12-11(14)7-16-13(15)18-12/h4-7H,3,8H2,1-2H3. The molecule has 0 atom stereocenters.